The van der Waals surface area contributed by atoms with E-state index in [1.165, 1.54) is 47.8 Å². The van der Waals surface area contributed by atoms with Gasteiger partial charge in [-0.2, -0.15) is 0 Å². The Morgan fingerprint density at radius 1 is 1.00 bits per heavy atom. The number of nitrogens with zero attached hydrogens (tertiary/aromatic N) is 2. The predicted molar refractivity (Wildman–Crippen MR) is 139 cm³/mol. The summed E-state index contributed by atoms with van der Waals surface area (Å²) in [5.41, 5.74) is 3.74. The molecule has 2 aromatic carbocycles. The molecule has 2 aromatic rings. The number of amides is 2. The smallest absolute Gasteiger partial charge is 0.321 e. The lowest BCUT2D eigenvalue weighted by Crippen LogP contribution is -2.41. The quantitative estimate of drug-likeness (QED) is 0.581. The van der Waals surface area contributed by atoms with Crippen molar-refractivity contribution in [2.24, 2.45) is 11.8 Å². The van der Waals surface area contributed by atoms with Gasteiger partial charge in [0.25, 0.3) is 0 Å². The highest BCUT2D eigenvalue weighted by Gasteiger charge is 2.27. The highest BCUT2D eigenvalue weighted by molar-refractivity contribution is 5.93. The van der Waals surface area contributed by atoms with Crippen LogP contribution in [0.3, 0.4) is 0 Å². The first kappa shape index (κ1) is 23.0. The molecular formula is C29H37N3O2. The molecule has 0 spiro atoms. The molecule has 2 amide bonds. The van der Waals surface area contributed by atoms with Crippen molar-refractivity contribution in [2.45, 2.75) is 45.6 Å². The number of urea groups is 1. The summed E-state index contributed by atoms with van der Waals surface area (Å²) < 4.78 is 5.46. The fourth-order valence-corrected chi connectivity index (χ4v) is 5.77. The van der Waals surface area contributed by atoms with Crippen LogP contribution in [0.1, 0.15) is 44.6 Å². The van der Waals surface area contributed by atoms with Gasteiger partial charge in [0, 0.05) is 31.2 Å². The maximum Gasteiger partial charge on any atom is 0.321 e. The Hall–Kier alpha value is -2.79. The summed E-state index contributed by atoms with van der Waals surface area (Å²) >= 11 is 0. The molecule has 0 aromatic heterocycles. The van der Waals surface area contributed by atoms with Gasteiger partial charge in [-0.25, -0.2) is 4.79 Å². The Morgan fingerprint density at radius 2 is 1.74 bits per heavy atom. The van der Waals surface area contributed by atoms with Crippen LogP contribution in [0.15, 0.2) is 59.9 Å². The van der Waals surface area contributed by atoms with Crippen molar-refractivity contribution in [1.82, 2.24) is 9.80 Å². The third-order valence-corrected chi connectivity index (χ3v) is 7.79. The van der Waals surface area contributed by atoms with Gasteiger partial charge in [-0.1, -0.05) is 36.8 Å². The summed E-state index contributed by atoms with van der Waals surface area (Å²) in [5, 5.41) is 5.53. The Labute approximate surface area is 203 Å². The van der Waals surface area contributed by atoms with E-state index < -0.39 is 0 Å². The number of anilines is 1. The highest BCUT2D eigenvalue weighted by atomic mass is 16.5. The van der Waals surface area contributed by atoms with Crippen LogP contribution in [0.25, 0.3) is 10.8 Å². The Bertz CT molecular complexity index is 1090. The van der Waals surface area contributed by atoms with Crippen molar-refractivity contribution in [3.8, 4) is 0 Å². The van der Waals surface area contributed by atoms with Crippen LogP contribution >= 0.6 is 0 Å². The molecule has 180 valence electrons. The summed E-state index contributed by atoms with van der Waals surface area (Å²) in [6, 6.07) is 13.0. The molecule has 0 saturated carbocycles. The van der Waals surface area contributed by atoms with E-state index in [-0.39, 0.29) is 6.03 Å². The number of benzene rings is 2. The van der Waals surface area contributed by atoms with Crippen LogP contribution in [0.4, 0.5) is 10.5 Å². The molecule has 2 aliphatic heterocycles. The molecule has 1 atom stereocenters. The molecular weight excluding hydrogens is 422 g/mol. The summed E-state index contributed by atoms with van der Waals surface area (Å²) in [6.45, 7) is 7.28. The lowest BCUT2D eigenvalue weighted by Gasteiger charge is -2.35. The first-order chi connectivity index (χ1) is 16.6. The highest BCUT2D eigenvalue weighted by Crippen LogP contribution is 2.34. The average Bonchev–Trinajstić information content (AvgIpc) is 3.37. The standard InChI is InChI=1S/C29H37N3O2/c1-21-17-24(8-10-28(21)34-2)23-11-15-32(16-12-23)29(33)30-27-9-7-25-18-22(5-6-26(25)19-27)20-31-13-3-4-14-31/h5-10,18-19,21,23H,3-4,11-17,20H2,1-2H3,(H,30,33). The van der Waals surface area contributed by atoms with Gasteiger partial charge in [-0.15, -0.1) is 0 Å². The molecule has 34 heavy (non-hydrogen) atoms. The SMILES string of the molecule is COC1=CC=C(C2CCN(C(=O)Nc3ccc4cc(CN5CCCC5)ccc4c3)CC2)CC1C. The first-order valence-electron chi connectivity index (χ1n) is 12.8. The molecule has 1 aliphatic carbocycles. The van der Waals surface area contributed by atoms with Crippen LogP contribution in [-0.4, -0.2) is 49.1 Å². The zero-order valence-corrected chi connectivity index (χ0v) is 20.6. The van der Waals surface area contributed by atoms with E-state index in [0.717, 1.165) is 50.3 Å². The number of rotatable bonds is 5. The van der Waals surface area contributed by atoms with Crippen LogP contribution in [0, 0.1) is 11.8 Å². The second-order valence-corrected chi connectivity index (χ2v) is 10.2. The monoisotopic (exact) mass is 459 g/mol. The predicted octanol–water partition coefficient (Wildman–Crippen LogP) is 6.18. The summed E-state index contributed by atoms with van der Waals surface area (Å²) in [6.07, 6.45) is 10.1. The fraction of sp³-hybridized carbons (Fsp3) is 0.483. The molecule has 2 saturated heterocycles. The number of nitrogens with one attached hydrogen (secondary N) is 1. The lowest BCUT2D eigenvalue weighted by atomic mass is 9.81. The van der Waals surface area contributed by atoms with Crippen molar-refractivity contribution in [1.29, 1.82) is 0 Å². The third-order valence-electron chi connectivity index (χ3n) is 7.79. The molecule has 5 rings (SSSR count). The van der Waals surface area contributed by atoms with Crippen molar-refractivity contribution in [3.05, 3.63) is 65.4 Å². The summed E-state index contributed by atoms with van der Waals surface area (Å²) in [7, 11) is 1.75. The number of carbonyl (C=O) groups excluding carboxylic acids is 1. The van der Waals surface area contributed by atoms with E-state index in [1.807, 2.05) is 11.0 Å². The Kier molecular flexibility index (Phi) is 6.91. The van der Waals surface area contributed by atoms with Crippen LogP contribution in [0.5, 0.6) is 0 Å². The topological polar surface area (TPSA) is 44.8 Å². The van der Waals surface area contributed by atoms with Crippen molar-refractivity contribution in [3.63, 3.8) is 0 Å². The molecule has 1 N–H and O–H groups in total. The molecule has 0 radical (unpaired) electrons. The number of fused-ring (bicyclic) bond motifs is 1. The van der Waals surface area contributed by atoms with Gasteiger partial charge < -0.3 is 15.0 Å². The van der Waals surface area contributed by atoms with E-state index in [4.69, 9.17) is 4.74 Å². The van der Waals surface area contributed by atoms with E-state index in [2.05, 4.69) is 59.6 Å². The van der Waals surface area contributed by atoms with Crippen molar-refractivity contribution >= 4 is 22.5 Å². The van der Waals surface area contributed by atoms with E-state index in [1.54, 1.807) is 7.11 Å². The molecule has 1 unspecified atom stereocenters. The van der Waals surface area contributed by atoms with Crippen LogP contribution in [-0.2, 0) is 11.3 Å². The normalized spacial score (nSPS) is 21.9. The summed E-state index contributed by atoms with van der Waals surface area (Å²) in [4.78, 5) is 17.4. The molecule has 5 nitrogen and oxygen atoms in total. The van der Waals surface area contributed by atoms with Crippen molar-refractivity contribution in [2.75, 3.05) is 38.6 Å². The number of allylic oxidation sites excluding steroid dienone is 4. The first-order valence-corrected chi connectivity index (χ1v) is 12.8. The van der Waals surface area contributed by atoms with Crippen LogP contribution in [0.2, 0.25) is 0 Å². The van der Waals surface area contributed by atoms with E-state index in [9.17, 15) is 4.79 Å². The Morgan fingerprint density at radius 3 is 2.47 bits per heavy atom. The second-order valence-electron chi connectivity index (χ2n) is 10.2. The number of ether oxygens (including phenoxy) is 1. The third kappa shape index (κ3) is 5.15. The number of piperidine rings is 1. The number of hydrogen-bond donors (Lipinski definition) is 1. The Balaban J connectivity index is 1.16. The molecule has 2 heterocycles. The minimum Gasteiger partial charge on any atom is -0.501 e. The number of likely N-dealkylation sites (tertiary alicyclic amines) is 2. The van der Waals surface area contributed by atoms with E-state index >= 15 is 0 Å². The van der Waals surface area contributed by atoms with Gasteiger partial charge in [-0.3, -0.25) is 4.90 Å². The average molecular weight is 460 g/mol. The maximum atomic E-state index is 12.9. The largest absolute Gasteiger partial charge is 0.501 e. The molecule has 5 heteroatoms. The molecule has 2 fully saturated rings. The molecule has 0 bridgehead atoms. The second kappa shape index (κ2) is 10.2. The minimum absolute atomic E-state index is 0.0102. The van der Waals surface area contributed by atoms with E-state index in [0.29, 0.717) is 11.8 Å². The van der Waals surface area contributed by atoms with Gasteiger partial charge >= 0.3 is 6.03 Å². The molecule has 3 aliphatic rings. The van der Waals surface area contributed by atoms with Gasteiger partial charge in [0.05, 0.1) is 12.9 Å². The number of carbonyl (C=O) groups is 1. The van der Waals surface area contributed by atoms with Gasteiger partial charge in [0.1, 0.15) is 0 Å². The number of methoxy groups -OCH3 is 1. The van der Waals surface area contributed by atoms with Gasteiger partial charge in [-0.05, 0) is 91.7 Å². The summed E-state index contributed by atoms with van der Waals surface area (Å²) in [5.74, 6) is 2.07. The van der Waals surface area contributed by atoms with Crippen molar-refractivity contribution < 1.29 is 9.53 Å². The van der Waals surface area contributed by atoms with Crippen LogP contribution < -0.4 is 5.32 Å². The van der Waals surface area contributed by atoms with Gasteiger partial charge in [0.15, 0.2) is 0 Å². The fourth-order valence-electron chi connectivity index (χ4n) is 5.77. The number of hydrogen-bond acceptors (Lipinski definition) is 3. The zero-order valence-electron chi connectivity index (χ0n) is 20.6. The minimum atomic E-state index is 0.0102. The lowest BCUT2D eigenvalue weighted by molar-refractivity contribution is 0.186. The maximum absolute atomic E-state index is 12.9. The van der Waals surface area contributed by atoms with Gasteiger partial charge in [0.2, 0.25) is 0 Å². The zero-order chi connectivity index (χ0) is 23.5.